The number of methoxy groups -OCH3 is 1. The van der Waals surface area contributed by atoms with Gasteiger partial charge in [-0.3, -0.25) is 0 Å². The lowest BCUT2D eigenvalue weighted by Gasteiger charge is -2.33. The standard InChI is InChI=1S/C9H15N3O2/c1-6(13-2)7-11-8(14-12-7)9(10)4-3-5-9/h6H,3-5,10H2,1-2H3. The molecule has 0 bridgehead atoms. The number of nitrogens with two attached hydrogens (primary N) is 1. The van der Waals surface area contributed by atoms with Gasteiger partial charge in [0.05, 0.1) is 5.54 Å². The van der Waals surface area contributed by atoms with E-state index in [1.807, 2.05) is 6.92 Å². The van der Waals surface area contributed by atoms with Gasteiger partial charge in [0.2, 0.25) is 5.89 Å². The monoisotopic (exact) mass is 197 g/mol. The lowest BCUT2D eigenvalue weighted by atomic mass is 9.78. The third-order valence-corrected chi connectivity index (χ3v) is 2.83. The lowest BCUT2D eigenvalue weighted by Crippen LogP contribution is -2.43. The van der Waals surface area contributed by atoms with Crippen molar-refractivity contribution < 1.29 is 9.26 Å². The number of hydrogen-bond donors (Lipinski definition) is 1. The van der Waals surface area contributed by atoms with E-state index in [-0.39, 0.29) is 11.6 Å². The highest BCUT2D eigenvalue weighted by Crippen LogP contribution is 2.37. The highest BCUT2D eigenvalue weighted by molar-refractivity contribution is 5.07. The maximum absolute atomic E-state index is 6.04. The van der Waals surface area contributed by atoms with E-state index in [0.717, 1.165) is 19.3 Å². The molecule has 2 N–H and O–H groups in total. The van der Waals surface area contributed by atoms with Crippen molar-refractivity contribution in [2.75, 3.05) is 7.11 Å². The van der Waals surface area contributed by atoms with Crippen molar-refractivity contribution in [2.24, 2.45) is 5.73 Å². The number of aromatic nitrogens is 2. The van der Waals surface area contributed by atoms with E-state index in [4.69, 9.17) is 15.0 Å². The van der Waals surface area contributed by atoms with E-state index in [0.29, 0.717) is 11.7 Å². The second-order valence-corrected chi connectivity index (χ2v) is 3.85. The fraction of sp³-hybridized carbons (Fsp3) is 0.778. The summed E-state index contributed by atoms with van der Waals surface area (Å²) in [5, 5.41) is 3.84. The molecule has 1 unspecified atom stereocenters. The highest BCUT2D eigenvalue weighted by Gasteiger charge is 2.40. The van der Waals surface area contributed by atoms with Gasteiger partial charge in [-0.2, -0.15) is 4.98 Å². The summed E-state index contributed by atoms with van der Waals surface area (Å²) in [5.74, 6) is 1.11. The van der Waals surface area contributed by atoms with Crippen LogP contribution in [0.4, 0.5) is 0 Å². The first-order valence-electron chi connectivity index (χ1n) is 4.81. The maximum atomic E-state index is 6.04. The van der Waals surface area contributed by atoms with Crippen LogP contribution in [0.15, 0.2) is 4.52 Å². The Morgan fingerprint density at radius 1 is 1.57 bits per heavy atom. The highest BCUT2D eigenvalue weighted by atomic mass is 16.5. The molecule has 0 radical (unpaired) electrons. The van der Waals surface area contributed by atoms with Crippen LogP contribution in [-0.2, 0) is 10.3 Å². The predicted octanol–water partition coefficient (Wildman–Crippen LogP) is 1.11. The summed E-state index contributed by atoms with van der Waals surface area (Å²) < 4.78 is 10.2. The third-order valence-electron chi connectivity index (χ3n) is 2.83. The molecule has 0 aliphatic heterocycles. The summed E-state index contributed by atoms with van der Waals surface area (Å²) in [7, 11) is 1.61. The first-order valence-corrected chi connectivity index (χ1v) is 4.81. The molecule has 1 fully saturated rings. The van der Waals surface area contributed by atoms with E-state index >= 15 is 0 Å². The van der Waals surface area contributed by atoms with E-state index in [2.05, 4.69) is 10.1 Å². The second kappa shape index (κ2) is 3.33. The minimum atomic E-state index is -0.376. The predicted molar refractivity (Wildman–Crippen MR) is 49.4 cm³/mol. The van der Waals surface area contributed by atoms with Crippen molar-refractivity contribution in [3.05, 3.63) is 11.7 Å². The van der Waals surface area contributed by atoms with Gasteiger partial charge >= 0.3 is 0 Å². The van der Waals surface area contributed by atoms with Crippen LogP contribution < -0.4 is 5.73 Å². The van der Waals surface area contributed by atoms with Gasteiger partial charge in [-0.25, -0.2) is 0 Å². The molecule has 1 saturated carbocycles. The second-order valence-electron chi connectivity index (χ2n) is 3.85. The molecule has 1 aromatic heterocycles. The largest absolute Gasteiger partial charge is 0.374 e. The fourth-order valence-electron chi connectivity index (χ4n) is 1.48. The smallest absolute Gasteiger partial charge is 0.246 e. The quantitative estimate of drug-likeness (QED) is 0.785. The van der Waals surface area contributed by atoms with Crippen molar-refractivity contribution in [3.63, 3.8) is 0 Å². The Hall–Kier alpha value is -0.940. The zero-order chi connectivity index (χ0) is 10.2. The average Bonchev–Trinajstić information content (AvgIpc) is 2.62. The van der Waals surface area contributed by atoms with Gasteiger partial charge in [0, 0.05) is 7.11 Å². The van der Waals surface area contributed by atoms with Gasteiger partial charge in [0.15, 0.2) is 5.82 Å². The summed E-state index contributed by atoms with van der Waals surface area (Å²) in [6.45, 7) is 1.87. The minimum absolute atomic E-state index is 0.142. The SMILES string of the molecule is COC(C)c1noc(C2(N)CCC2)n1. The fourth-order valence-corrected chi connectivity index (χ4v) is 1.48. The molecule has 5 heteroatoms. The third kappa shape index (κ3) is 1.42. The molecule has 0 saturated heterocycles. The van der Waals surface area contributed by atoms with Crippen molar-refractivity contribution >= 4 is 0 Å². The van der Waals surface area contributed by atoms with E-state index in [1.54, 1.807) is 7.11 Å². The van der Waals surface area contributed by atoms with E-state index in [9.17, 15) is 0 Å². The Balaban J connectivity index is 2.17. The normalized spacial score (nSPS) is 21.6. The molecule has 14 heavy (non-hydrogen) atoms. The molecule has 0 spiro atoms. The van der Waals surface area contributed by atoms with Gasteiger partial charge in [0.1, 0.15) is 6.10 Å². The number of rotatable bonds is 3. The topological polar surface area (TPSA) is 74.2 Å². The molecule has 1 heterocycles. The van der Waals surface area contributed by atoms with Crippen LogP contribution >= 0.6 is 0 Å². The molecule has 2 rings (SSSR count). The Morgan fingerprint density at radius 3 is 2.79 bits per heavy atom. The Bertz CT molecular complexity index is 320. The van der Waals surface area contributed by atoms with Crippen molar-refractivity contribution in [2.45, 2.75) is 37.8 Å². The first kappa shape index (κ1) is 9.61. The first-order chi connectivity index (χ1) is 6.65. The van der Waals surface area contributed by atoms with E-state index in [1.165, 1.54) is 0 Å². The van der Waals surface area contributed by atoms with Crippen LogP contribution in [0.25, 0.3) is 0 Å². The van der Waals surface area contributed by atoms with E-state index < -0.39 is 0 Å². The number of nitrogens with zero attached hydrogens (tertiary/aromatic N) is 2. The zero-order valence-corrected chi connectivity index (χ0v) is 8.49. The van der Waals surface area contributed by atoms with Crippen LogP contribution in [0.5, 0.6) is 0 Å². The van der Waals surface area contributed by atoms with Crippen molar-refractivity contribution in [1.29, 1.82) is 0 Å². The van der Waals surface area contributed by atoms with Crippen LogP contribution in [0.2, 0.25) is 0 Å². The molecule has 1 aromatic rings. The summed E-state index contributed by atoms with van der Waals surface area (Å²) in [6.07, 6.45) is 2.84. The van der Waals surface area contributed by atoms with Gasteiger partial charge in [-0.15, -0.1) is 0 Å². The number of hydrogen-bond acceptors (Lipinski definition) is 5. The Morgan fingerprint density at radius 2 is 2.29 bits per heavy atom. The molecule has 1 atom stereocenters. The van der Waals surface area contributed by atoms with Crippen LogP contribution in [0.1, 0.15) is 44.0 Å². The molecule has 1 aliphatic rings. The lowest BCUT2D eigenvalue weighted by molar-refractivity contribution is 0.109. The van der Waals surface area contributed by atoms with Gasteiger partial charge < -0.3 is 15.0 Å². The van der Waals surface area contributed by atoms with Gasteiger partial charge in [-0.1, -0.05) is 5.16 Å². The summed E-state index contributed by atoms with van der Waals surface area (Å²) in [5.41, 5.74) is 5.67. The molecule has 1 aliphatic carbocycles. The Labute approximate surface area is 82.6 Å². The molecular formula is C9H15N3O2. The molecule has 5 nitrogen and oxygen atoms in total. The molecule has 78 valence electrons. The maximum Gasteiger partial charge on any atom is 0.246 e. The summed E-state index contributed by atoms with van der Waals surface area (Å²) in [4.78, 5) is 4.25. The van der Waals surface area contributed by atoms with Gasteiger partial charge in [0.25, 0.3) is 0 Å². The Kier molecular flexibility index (Phi) is 2.28. The van der Waals surface area contributed by atoms with Crippen LogP contribution in [0, 0.1) is 0 Å². The van der Waals surface area contributed by atoms with Gasteiger partial charge in [-0.05, 0) is 26.2 Å². The summed E-state index contributed by atoms with van der Waals surface area (Å²) in [6, 6.07) is 0. The minimum Gasteiger partial charge on any atom is -0.374 e. The van der Waals surface area contributed by atoms with Crippen LogP contribution in [-0.4, -0.2) is 17.3 Å². The van der Waals surface area contributed by atoms with Crippen molar-refractivity contribution in [1.82, 2.24) is 10.1 Å². The van der Waals surface area contributed by atoms with Crippen LogP contribution in [0.3, 0.4) is 0 Å². The molecule has 0 aromatic carbocycles. The molecular weight excluding hydrogens is 182 g/mol. The van der Waals surface area contributed by atoms with Crippen molar-refractivity contribution in [3.8, 4) is 0 Å². The zero-order valence-electron chi connectivity index (χ0n) is 8.49. The summed E-state index contributed by atoms with van der Waals surface area (Å²) >= 11 is 0. The average molecular weight is 197 g/mol. The number of ether oxygens (including phenoxy) is 1. The molecule has 0 amide bonds.